The molecule has 0 saturated carbocycles. The summed E-state index contributed by atoms with van der Waals surface area (Å²) in [5.41, 5.74) is 2.25. The average molecular weight is 228 g/mol. The summed E-state index contributed by atoms with van der Waals surface area (Å²) in [6.45, 7) is 0. The van der Waals surface area contributed by atoms with Crippen LogP contribution < -0.4 is 4.74 Å². The second-order valence-corrected chi connectivity index (χ2v) is 4.44. The molecule has 0 aliphatic heterocycles. The van der Waals surface area contributed by atoms with Gasteiger partial charge in [-0.25, -0.2) is 0 Å². The Labute approximate surface area is 97.5 Å². The number of fused-ring (bicyclic) bond motifs is 1. The van der Waals surface area contributed by atoms with Crippen LogP contribution in [0.25, 0.3) is 21.3 Å². The molecule has 0 aliphatic carbocycles. The van der Waals surface area contributed by atoms with Gasteiger partial charge in [0.15, 0.2) is 5.75 Å². The van der Waals surface area contributed by atoms with Crippen LogP contribution in [0.5, 0.6) is 5.75 Å². The zero-order valence-corrected chi connectivity index (χ0v) is 9.60. The van der Waals surface area contributed by atoms with Gasteiger partial charge in [-0.2, -0.15) is 0 Å². The van der Waals surface area contributed by atoms with Crippen molar-refractivity contribution >= 4 is 22.2 Å². The second kappa shape index (κ2) is 3.68. The third-order valence-corrected chi connectivity index (χ3v) is 3.50. The normalized spacial score (nSPS) is 10.8. The number of hydrogen-bond donors (Lipinski definition) is 1. The maximum atomic E-state index is 5.32. The molecule has 16 heavy (non-hydrogen) atoms. The van der Waals surface area contributed by atoms with Crippen LogP contribution >= 0.6 is 11.3 Å². The molecule has 0 fully saturated rings. The lowest BCUT2D eigenvalue weighted by Crippen LogP contribution is -1.81. The number of aromatic nitrogens is 1. The number of rotatable bonds is 2. The van der Waals surface area contributed by atoms with Gasteiger partial charge >= 0.3 is 0 Å². The van der Waals surface area contributed by atoms with E-state index in [1.165, 1.54) is 10.4 Å². The van der Waals surface area contributed by atoms with Gasteiger partial charge in [-0.15, -0.1) is 11.3 Å². The first-order valence-corrected chi connectivity index (χ1v) is 5.88. The van der Waals surface area contributed by atoms with Crippen molar-refractivity contribution in [1.29, 1.82) is 0 Å². The highest BCUT2D eigenvalue weighted by molar-refractivity contribution is 7.13. The molecule has 3 heteroatoms. The molecule has 0 atom stereocenters. The largest absolute Gasteiger partial charge is 0.494 e. The molecule has 2 aromatic heterocycles. The number of hydrogen-bond acceptors (Lipinski definition) is 2. The minimum atomic E-state index is 0.777. The molecule has 0 saturated heterocycles. The fourth-order valence-electron chi connectivity index (χ4n) is 1.88. The van der Waals surface area contributed by atoms with Crippen molar-refractivity contribution in [3.63, 3.8) is 0 Å². The van der Waals surface area contributed by atoms with Crippen molar-refractivity contribution in [3.8, 4) is 16.2 Å². The standard InChI is InChI=1S/C13H10NOS/c1-15-11-8-14-10-5-2-4-9(13(10)11)12-6-3-7-16-12/h2-7,14H,1H3. The Morgan fingerprint density at radius 1 is 1.25 bits per heavy atom. The number of ether oxygens (including phenoxy) is 1. The third kappa shape index (κ3) is 1.32. The van der Waals surface area contributed by atoms with Gasteiger partial charge in [0, 0.05) is 10.4 Å². The summed E-state index contributed by atoms with van der Waals surface area (Å²) in [5, 5.41) is 3.18. The predicted molar refractivity (Wildman–Crippen MR) is 67.0 cm³/mol. The summed E-state index contributed by atoms with van der Waals surface area (Å²) in [4.78, 5) is 4.34. The van der Waals surface area contributed by atoms with Gasteiger partial charge in [0.25, 0.3) is 0 Å². The summed E-state index contributed by atoms with van der Waals surface area (Å²) in [6.07, 6.45) is 3.02. The van der Waals surface area contributed by atoms with E-state index in [1.54, 1.807) is 18.4 Å². The first kappa shape index (κ1) is 9.48. The van der Waals surface area contributed by atoms with Crippen LogP contribution in [0.4, 0.5) is 0 Å². The van der Waals surface area contributed by atoms with Crippen LogP contribution in [-0.2, 0) is 0 Å². The van der Waals surface area contributed by atoms with Gasteiger partial charge in [-0.3, -0.25) is 0 Å². The maximum Gasteiger partial charge on any atom is 0.154 e. The van der Waals surface area contributed by atoms with E-state index in [1.807, 2.05) is 12.1 Å². The van der Waals surface area contributed by atoms with E-state index in [0.717, 1.165) is 16.7 Å². The Balaban J connectivity index is 2.35. The molecule has 3 aromatic rings. The van der Waals surface area contributed by atoms with Gasteiger partial charge in [-0.05, 0) is 17.5 Å². The molecule has 1 aromatic carbocycles. The van der Waals surface area contributed by atoms with Crippen molar-refractivity contribution in [2.45, 2.75) is 0 Å². The number of aromatic amines is 1. The molecule has 0 unspecified atom stereocenters. The second-order valence-electron chi connectivity index (χ2n) is 3.49. The number of nitrogens with one attached hydrogen (secondary N) is 1. The Morgan fingerprint density at radius 2 is 2.19 bits per heavy atom. The Hall–Kier alpha value is -1.74. The minimum absolute atomic E-state index is 0.777. The lowest BCUT2D eigenvalue weighted by atomic mass is 10.1. The van der Waals surface area contributed by atoms with E-state index in [0.29, 0.717) is 0 Å². The first-order valence-electron chi connectivity index (χ1n) is 5.00. The summed E-state index contributed by atoms with van der Waals surface area (Å²) in [6, 6.07) is 10.4. The van der Waals surface area contributed by atoms with E-state index >= 15 is 0 Å². The van der Waals surface area contributed by atoms with E-state index in [-0.39, 0.29) is 0 Å². The van der Waals surface area contributed by atoms with Gasteiger partial charge in [0.05, 0.1) is 18.0 Å². The van der Waals surface area contributed by atoms with Crippen molar-refractivity contribution in [2.75, 3.05) is 7.11 Å². The van der Waals surface area contributed by atoms with E-state index in [9.17, 15) is 0 Å². The first-order chi connectivity index (χ1) is 7.90. The summed E-state index contributed by atoms with van der Waals surface area (Å²) in [5.74, 6) is 0.777. The number of H-pyrrole nitrogens is 1. The topological polar surface area (TPSA) is 25.0 Å². The van der Waals surface area contributed by atoms with E-state index < -0.39 is 0 Å². The van der Waals surface area contributed by atoms with Crippen LogP contribution in [0.1, 0.15) is 0 Å². The summed E-state index contributed by atoms with van der Waals surface area (Å²) < 4.78 is 5.32. The fraction of sp³-hybridized carbons (Fsp3) is 0.0769. The zero-order chi connectivity index (χ0) is 11.0. The number of thiophene rings is 1. The third-order valence-electron chi connectivity index (χ3n) is 2.59. The summed E-state index contributed by atoms with van der Waals surface area (Å²) in [7, 11) is 1.67. The van der Waals surface area contributed by atoms with E-state index in [2.05, 4.69) is 34.8 Å². The zero-order valence-electron chi connectivity index (χ0n) is 8.78. The average Bonchev–Trinajstić information content (AvgIpc) is 2.97. The molecule has 1 N–H and O–H groups in total. The summed E-state index contributed by atoms with van der Waals surface area (Å²) >= 11 is 1.73. The van der Waals surface area contributed by atoms with Crippen LogP contribution in [0.15, 0.2) is 35.7 Å². The van der Waals surface area contributed by atoms with Crippen LogP contribution in [0, 0.1) is 6.20 Å². The molecule has 79 valence electrons. The van der Waals surface area contributed by atoms with Crippen molar-refractivity contribution in [2.24, 2.45) is 0 Å². The fourth-order valence-corrected chi connectivity index (χ4v) is 2.64. The van der Waals surface area contributed by atoms with E-state index in [4.69, 9.17) is 4.74 Å². The molecule has 2 heterocycles. The predicted octanol–water partition coefficient (Wildman–Crippen LogP) is 3.71. The lowest BCUT2D eigenvalue weighted by molar-refractivity contribution is 0.419. The molecule has 2 nitrogen and oxygen atoms in total. The SMILES string of the molecule is COc1[c][nH]c2cccc(-c3cccs3)c12. The molecule has 0 amide bonds. The quantitative estimate of drug-likeness (QED) is 0.710. The highest BCUT2D eigenvalue weighted by Crippen LogP contribution is 2.36. The molecule has 0 aliphatic rings. The number of benzene rings is 1. The minimum Gasteiger partial charge on any atom is -0.494 e. The van der Waals surface area contributed by atoms with Crippen LogP contribution in [0.2, 0.25) is 0 Å². The molecular formula is C13H10NOS. The van der Waals surface area contributed by atoms with Gasteiger partial charge < -0.3 is 9.72 Å². The van der Waals surface area contributed by atoms with Gasteiger partial charge in [0.2, 0.25) is 0 Å². The highest BCUT2D eigenvalue weighted by Gasteiger charge is 2.11. The highest BCUT2D eigenvalue weighted by atomic mass is 32.1. The smallest absolute Gasteiger partial charge is 0.154 e. The van der Waals surface area contributed by atoms with Crippen molar-refractivity contribution in [1.82, 2.24) is 4.98 Å². The molecule has 0 bridgehead atoms. The lowest BCUT2D eigenvalue weighted by Gasteiger charge is -2.02. The molecule has 3 rings (SSSR count). The monoisotopic (exact) mass is 228 g/mol. The van der Waals surface area contributed by atoms with Crippen molar-refractivity contribution < 1.29 is 4.74 Å². The van der Waals surface area contributed by atoms with Gasteiger partial charge in [-0.1, -0.05) is 18.2 Å². The Bertz CT molecular complexity index is 610. The number of methoxy groups -OCH3 is 1. The molecule has 0 spiro atoms. The van der Waals surface area contributed by atoms with Crippen LogP contribution in [0.3, 0.4) is 0 Å². The van der Waals surface area contributed by atoms with Crippen LogP contribution in [-0.4, -0.2) is 12.1 Å². The van der Waals surface area contributed by atoms with Gasteiger partial charge in [0.1, 0.15) is 6.20 Å². The maximum absolute atomic E-state index is 5.32. The molecule has 1 radical (unpaired) electrons. The van der Waals surface area contributed by atoms with Crippen molar-refractivity contribution in [3.05, 3.63) is 41.9 Å². The Kier molecular flexibility index (Phi) is 2.18. The Morgan fingerprint density at radius 3 is 2.94 bits per heavy atom. The molecular weight excluding hydrogens is 218 g/mol.